The van der Waals surface area contributed by atoms with Crippen molar-refractivity contribution in [1.82, 2.24) is 15.0 Å². The first-order valence-electron chi connectivity index (χ1n) is 4.89. The summed E-state index contributed by atoms with van der Waals surface area (Å²) in [5, 5.41) is 17.7. The molecule has 0 saturated heterocycles. The molecule has 0 unspecified atom stereocenters. The predicted molar refractivity (Wildman–Crippen MR) is 57.6 cm³/mol. The zero-order chi connectivity index (χ0) is 13.1. The molecule has 0 atom stereocenters. The van der Waals surface area contributed by atoms with Crippen LogP contribution >= 0.6 is 0 Å². The van der Waals surface area contributed by atoms with Crippen molar-refractivity contribution in [2.24, 2.45) is 0 Å². The second-order valence-electron chi connectivity index (χ2n) is 3.47. The van der Waals surface area contributed by atoms with Gasteiger partial charge in [-0.2, -0.15) is 4.39 Å². The number of hydrogen-bond acceptors (Lipinski definition) is 5. The van der Waals surface area contributed by atoms with Gasteiger partial charge in [0.15, 0.2) is 6.29 Å². The van der Waals surface area contributed by atoms with Gasteiger partial charge in [0.2, 0.25) is 5.82 Å². The Morgan fingerprint density at radius 3 is 2.89 bits per heavy atom. The first-order valence-corrected chi connectivity index (χ1v) is 4.89. The third kappa shape index (κ3) is 2.21. The van der Waals surface area contributed by atoms with Crippen LogP contribution in [0.3, 0.4) is 0 Å². The molecule has 8 heteroatoms. The van der Waals surface area contributed by atoms with Gasteiger partial charge in [-0.05, 0) is 0 Å². The summed E-state index contributed by atoms with van der Waals surface area (Å²) in [6, 6.07) is 3.87. The molecule has 1 aromatic carbocycles. The molecule has 0 N–H and O–H groups in total. The summed E-state index contributed by atoms with van der Waals surface area (Å²) >= 11 is 0. The fourth-order valence-electron chi connectivity index (χ4n) is 1.45. The topological polar surface area (TPSA) is 90.9 Å². The molecular weight excluding hydrogens is 243 g/mol. The van der Waals surface area contributed by atoms with Gasteiger partial charge in [-0.25, -0.2) is 4.68 Å². The zero-order valence-corrected chi connectivity index (χ0v) is 8.99. The maximum Gasteiger partial charge on any atom is 0.305 e. The fraction of sp³-hybridized carbons (Fsp3) is 0.100. The summed E-state index contributed by atoms with van der Waals surface area (Å²) in [5.74, 6) is -0.911. The number of benzene rings is 1. The lowest BCUT2D eigenvalue weighted by Gasteiger charge is -2.02. The van der Waals surface area contributed by atoms with E-state index in [1.165, 1.54) is 23.0 Å². The molecule has 0 bridgehead atoms. The molecular formula is C10H7FN4O3. The van der Waals surface area contributed by atoms with Gasteiger partial charge in [-0.15, -0.1) is 5.10 Å². The lowest BCUT2D eigenvalue weighted by Crippen LogP contribution is -2.04. The molecule has 1 aromatic heterocycles. The van der Waals surface area contributed by atoms with Crippen molar-refractivity contribution in [2.75, 3.05) is 0 Å². The van der Waals surface area contributed by atoms with Gasteiger partial charge in [0.1, 0.15) is 5.69 Å². The Balaban J connectivity index is 2.31. The molecule has 7 nitrogen and oxygen atoms in total. The molecule has 0 spiro atoms. The summed E-state index contributed by atoms with van der Waals surface area (Å²) in [5.41, 5.74) is -0.379. The number of hydrogen-bond donors (Lipinski definition) is 0. The van der Waals surface area contributed by atoms with Crippen LogP contribution in [0.25, 0.3) is 0 Å². The number of rotatable bonds is 4. The van der Waals surface area contributed by atoms with Crippen LogP contribution in [0.5, 0.6) is 0 Å². The number of nitro benzene ring substituents is 1. The van der Waals surface area contributed by atoms with Gasteiger partial charge in [-0.1, -0.05) is 17.3 Å². The number of halogens is 1. The highest BCUT2D eigenvalue weighted by Gasteiger charge is 2.17. The van der Waals surface area contributed by atoms with E-state index in [0.29, 0.717) is 6.29 Å². The molecule has 2 rings (SSSR count). The summed E-state index contributed by atoms with van der Waals surface area (Å²) in [6.07, 6.45) is 1.83. The molecule has 1 heterocycles. The van der Waals surface area contributed by atoms with Crippen molar-refractivity contribution in [3.63, 3.8) is 0 Å². The number of carbonyl (C=O) groups excluding carboxylic acids is 1. The van der Waals surface area contributed by atoms with Crippen LogP contribution in [0.4, 0.5) is 10.1 Å². The van der Waals surface area contributed by atoms with Crippen LogP contribution in [0, 0.1) is 15.9 Å². The Labute approximate surface area is 100.0 Å². The average molecular weight is 250 g/mol. The van der Waals surface area contributed by atoms with Gasteiger partial charge < -0.3 is 0 Å². The van der Waals surface area contributed by atoms with Crippen molar-refractivity contribution in [3.8, 4) is 0 Å². The molecule has 18 heavy (non-hydrogen) atoms. The monoisotopic (exact) mass is 250 g/mol. The number of nitrogens with zero attached hydrogens (tertiary/aromatic N) is 4. The van der Waals surface area contributed by atoms with Crippen LogP contribution in [0.15, 0.2) is 24.4 Å². The van der Waals surface area contributed by atoms with Crippen molar-refractivity contribution in [1.29, 1.82) is 0 Å². The predicted octanol–water partition coefficient (Wildman–Crippen LogP) is 1.19. The molecule has 0 saturated carbocycles. The highest BCUT2D eigenvalue weighted by atomic mass is 19.1. The van der Waals surface area contributed by atoms with Gasteiger partial charge in [0, 0.05) is 11.6 Å². The number of aldehydes is 1. The Hall–Kier alpha value is -2.64. The van der Waals surface area contributed by atoms with Crippen molar-refractivity contribution in [3.05, 3.63) is 51.6 Å². The zero-order valence-electron chi connectivity index (χ0n) is 8.99. The Morgan fingerprint density at radius 2 is 2.28 bits per heavy atom. The van der Waals surface area contributed by atoms with Crippen LogP contribution in [-0.4, -0.2) is 26.2 Å². The van der Waals surface area contributed by atoms with Crippen LogP contribution in [0.2, 0.25) is 0 Å². The van der Waals surface area contributed by atoms with Crippen LogP contribution in [-0.2, 0) is 6.54 Å². The number of carbonyl (C=O) groups is 1. The van der Waals surface area contributed by atoms with E-state index in [4.69, 9.17) is 0 Å². The summed E-state index contributed by atoms with van der Waals surface area (Å²) in [4.78, 5) is 20.2. The minimum Gasteiger partial charge on any atom is -0.296 e. The summed E-state index contributed by atoms with van der Waals surface area (Å²) in [6.45, 7) is -0.0334. The average Bonchev–Trinajstić information content (AvgIpc) is 2.79. The first-order chi connectivity index (χ1) is 8.61. The van der Waals surface area contributed by atoms with Crippen LogP contribution in [0.1, 0.15) is 16.1 Å². The Kier molecular flexibility index (Phi) is 3.09. The van der Waals surface area contributed by atoms with Crippen molar-refractivity contribution < 1.29 is 14.1 Å². The maximum atomic E-state index is 13.7. The van der Waals surface area contributed by atoms with E-state index in [1.807, 2.05) is 0 Å². The molecule has 0 amide bonds. The second kappa shape index (κ2) is 4.70. The summed E-state index contributed by atoms with van der Waals surface area (Å²) in [7, 11) is 0. The SMILES string of the molecule is O=Cc1cn(Cc2cccc([N+](=O)[O-])c2F)nn1. The molecule has 0 radical (unpaired) electrons. The third-order valence-corrected chi connectivity index (χ3v) is 2.26. The number of aromatic nitrogens is 3. The standard InChI is InChI=1S/C10H7FN4O3/c11-10-7(2-1-3-9(10)15(17)18)4-14-5-8(6-16)12-13-14/h1-3,5-6H,4H2. The molecule has 2 aromatic rings. The first kappa shape index (κ1) is 11.8. The normalized spacial score (nSPS) is 10.3. The van der Waals surface area contributed by atoms with Gasteiger partial charge in [-0.3, -0.25) is 14.9 Å². The van der Waals surface area contributed by atoms with E-state index in [9.17, 15) is 19.3 Å². The Morgan fingerprint density at radius 1 is 1.50 bits per heavy atom. The fourth-order valence-corrected chi connectivity index (χ4v) is 1.45. The minimum atomic E-state index is -0.911. The second-order valence-corrected chi connectivity index (χ2v) is 3.47. The smallest absolute Gasteiger partial charge is 0.296 e. The molecule has 92 valence electrons. The van der Waals surface area contributed by atoms with E-state index in [-0.39, 0.29) is 17.8 Å². The van der Waals surface area contributed by atoms with Gasteiger partial charge in [0.05, 0.1) is 17.7 Å². The number of nitro groups is 1. The van der Waals surface area contributed by atoms with Gasteiger partial charge in [0.25, 0.3) is 0 Å². The highest BCUT2D eigenvalue weighted by Crippen LogP contribution is 2.20. The maximum absolute atomic E-state index is 13.7. The van der Waals surface area contributed by atoms with E-state index in [1.54, 1.807) is 0 Å². The van der Waals surface area contributed by atoms with Gasteiger partial charge >= 0.3 is 5.69 Å². The van der Waals surface area contributed by atoms with Crippen molar-refractivity contribution >= 4 is 12.0 Å². The lowest BCUT2D eigenvalue weighted by molar-refractivity contribution is -0.387. The van der Waals surface area contributed by atoms with Crippen LogP contribution < -0.4 is 0 Å². The molecule has 0 aliphatic heterocycles. The minimum absolute atomic E-state index is 0.0334. The Bertz CT molecular complexity index is 611. The van der Waals surface area contributed by atoms with E-state index in [0.717, 1.165) is 6.07 Å². The highest BCUT2D eigenvalue weighted by molar-refractivity contribution is 5.70. The lowest BCUT2D eigenvalue weighted by atomic mass is 10.2. The van der Waals surface area contributed by atoms with E-state index in [2.05, 4.69) is 10.3 Å². The van der Waals surface area contributed by atoms with E-state index >= 15 is 0 Å². The molecule has 0 aliphatic rings. The quantitative estimate of drug-likeness (QED) is 0.461. The van der Waals surface area contributed by atoms with Crippen molar-refractivity contribution in [2.45, 2.75) is 6.54 Å². The molecule has 0 fully saturated rings. The molecule has 0 aliphatic carbocycles. The summed E-state index contributed by atoms with van der Waals surface area (Å²) < 4.78 is 15.0. The largest absolute Gasteiger partial charge is 0.305 e. The third-order valence-electron chi connectivity index (χ3n) is 2.26. The van der Waals surface area contributed by atoms with E-state index < -0.39 is 16.4 Å².